The number of aromatic nitrogens is 7. The molecule has 1 unspecified atom stereocenters. The van der Waals surface area contributed by atoms with Crippen molar-refractivity contribution in [3.05, 3.63) is 6.33 Å². The molecule has 0 aliphatic rings. The molecular formula is C5H5N11O2. The monoisotopic (exact) mass is 251 g/mol. The third kappa shape index (κ3) is 2.94. The molecule has 2 aromatic rings. The van der Waals surface area contributed by atoms with Crippen molar-refractivity contribution < 1.29 is 9.90 Å². The molecule has 92 valence electrons. The van der Waals surface area contributed by atoms with Gasteiger partial charge >= 0.3 is 11.9 Å². The standard InChI is InChI=1S/C5H5N11O2/c17-3(18)2(8-11-4-6-1-7-10-4)9-12-5-13-15-16-14-5/h1-2H,(H,17,18)(H,6,7,10)(H,13,14,15,16). The molecule has 0 amide bonds. The maximum Gasteiger partial charge on any atom is 0.355 e. The lowest BCUT2D eigenvalue weighted by Gasteiger charge is -1.95. The number of aromatic amines is 2. The van der Waals surface area contributed by atoms with Crippen LogP contribution in [0, 0.1) is 0 Å². The fourth-order valence-electron chi connectivity index (χ4n) is 0.784. The molecule has 13 heteroatoms. The Balaban J connectivity index is 2.07. The van der Waals surface area contributed by atoms with E-state index in [0.29, 0.717) is 0 Å². The van der Waals surface area contributed by atoms with Crippen molar-refractivity contribution in [1.82, 2.24) is 35.8 Å². The number of H-pyrrole nitrogens is 2. The van der Waals surface area contributed by atoms with E-state index in [1.807, 2.05) is 0 Å². The van der Waals surface area contributed by atoms with Gasteiger partial charge in [0.25, 0.3) is 12.1 Å². The first-order valence-corrected chi connectivity index (χ1v) is 4.39. The quantitative estimate of drug-likeness (QED) is 0.603. The van der Waals surface area contributed by atoms with Crippen molar-refractivity contribution in [1.29, 1.82) is 0 Å². The summed E-state index contributed by atoms with van der Waals surface area (Å²) in [5, 5.41) is 40.6. The van der Waals surface area contributed by atoms with Crippen molar-refractivity contribution in [2.24, 2.45) is 20.5 Å². The zero-order valence-electron chi connectivity index (χ0n) is 8.54. The average molecular weight is 251 g/mol. The molecule has 0 saturated carbocycles. The van der Waals surface area contributed by atoms with E-state index >= 15 is 0 Å². The molecule has 1 atom stereocenters. The van der Waals surface area contributed by atoms with Gasteiger partial charge in [-0.3, -0.25) is 0 Å². The van der Waals surface area contributed by atoms with E-state index in [-0.39, 0.29) is 11.9 Å². The molecule has 3 N–H and O–H groups in total. The highest BCUT2D eigenvalue weighted by molar-refractivity contribution is 5.73. The number of rotatable bonds is 5. The van der Waals surface area contributed by atoms with Gasteiger partial charge in [-0.25, -0.2) is 9.89 Å². The highest BCUT2D eigenvalue weighted by atomic mass is 16.4. The topological polar surface area (TPSA) is 183 Å². The number of azo groups is 2. The number of nitrogens with zero attached hydrogens (tertiary/aromatic N) is 9. The zero-order valence-corrected chi connectivity index (χ0v) is 8.54. The number of nitrogens with one attached hydrogen (secondary N) is 2. The zero-order chi connectivity index (χ0) is 12.8. The Labute approximate surface area is 97.5 Å². The van der Waals surface area contributed by atoms with Crippen LogP contribution in [0.3, 0.4) is 0 Å². The number of carbonyl (C=O) groups is 1. The second-order valence-corrected chi connectivity index (χ2v) is 2.66. The van der Waals surface area contributed by atoms with Gasteiger partial charge in [-0.2, -0.15) is 15.3 Å². The van der Waals surface area contributed by atoms with Crippen LogP contribution in [0.1, 0.15) is 0 Å². The third-order valence-electron chi connectivity index (χ3n) is 1.48. The molecule has 2 rings (SSSR count). The fraction of sp³-hybridized carbons (Fsp3) is 0.200. The van der Waals surface area contributed by atoms with Crippen LogP contribution in [0.2, 0.25) is 0 Å². The van der Waals surface area contributed by atoms with Crippen molar-refractivity contribution in [2.75, 3.05) is 0 Å². The molecule has 0 saturated heterocycles. The van der Waals surface area contributed by atoms with Gasteiger partial charge < -0.3 is 5.11 Å². The van der Waals surface area contributed by atoms with Gasteiger partial charge in [0.1, 0.15) is 6.33 Å². The molecule has 0 aliphatic carbocycles. The molecule has 2 aromatic heterocycles. The highest BCUT2D eigenvalue weighted by Gasteiger charge is 2.15. The second kappa shape index (κ2) is 5.28. The maximum atomic E-state index is 10.8. The molecule has 0 spiro atoms. The first-order valence-electron chi connectivity index (χ1n) is 4.39. The van der Waals surface area contributed by atoms with Gasteiger partial charge in [0, 0.05) is 0 Å². The maximum absolute atomic E-state index is 10.8. The summed E-state index contributed by atoms with van der Waals surface area (Å²) in [5.74, 6) is -1.40. The van der Waals surface area contributed by atoms with Crippen LogP contribution in [0.15, 0.2) is 26.8 Å². The molecule has 0 aromatic carbocycles. The second-order valence-electron chi connectivity index (χ2n) is 2.66. The summed E-state index contributed by atoms with van der Waals surface area (Å²) in [6, 6.07) is 0. The van der Waals surface area contributed by atoms with Crippen LogP contribution in [-0.2, 0) is 4.79 Å². The Kier molecular flexibility index (Phi) is 3.34. The van der Waals surface area contributed by atoms with Crippen LogP contribution in [0.25, 0.3) is 0 Å². The first kappa shape index (κ1) is 11.4. The molecule has 0 radical (unpaired) electrons. The highest BCUT2D eigenvalue weighted by Crippen LogP contribution is 2.06. The Morgan fingerprint density at radius 1 is 1.39 bits per heavy atom. The van der Waals surface area contributed by atoms with Crippen LogP contribution < -0.4 is 0 Å². The molecular weight excluding hydrogens is 246 g/mol. The number of tetrazole rings is 1. The van der Waals surface area contributed by atoms with E-state index in [9.17, 15) is 4.79 Å². The molecule has 13 nitrogen and oxygen atoms in total. The summed E-state index contributed by atoms with van der Waals surface area (Å²) in [4.78, 5) is 14.4. The van der Waals surface area contributed by atoms with E-state index in [2.05, 4.69) is 56.3 Å². The summed E-state index contributed by atoms with van der Waals surface area (Å²) in [7, 11) is 0. The van der Waals surface area contributed by atoms with Gasteiger partial charge in [0.15, 0.2) is 0 Å². The van der Waals surface area contributed by atoms with Gasteiger partial charge in [-0.1, -0.05) is 5.10 Å². The normalized spacial score (nSPS) is 13.3. The molecule has 0 aliphatic heterocycles. The summed E-state index contributed by atoms with van der Waals surface area (Å²) in [5.41, 5.74) is 0. The Morgan fingerprint density at radius 2 is 2.22 bits per heavy atom. The molecule has 0 bridgehead atoms. The number of hydrogen-bond acceptors (Lipinski definition) is 10. The Bertz CT molecular complexity index is 498. The number of aliphatic carboxylic acids is 1. The minimum atomic E-state index is -1.53. The number of carboxylic acid groups (broad SMARTS) is 1. The predicted octanol–water partition coefficient (Wildman–Crippen LogP) is -0.404. The Morgan fingerprint density at radius 3 is 2.83 bits per heavy atom. The van der Waals surface area contributed by atoms with E-state index in [0.717, 1.165) is 0 Å². The van der Waals surface area contributed by atoms with E-state index in [4.69, 9.17) is 5.11 Å². The minimum absolute atomic E-state index is 0.0519. The largest absolute Gasteiger partial charge is 0.478 e. The number of hydrogen-bond donors (Lipinski definition) is 3. The lowest BCUT2D eigenvalue weighted by Crippen LogP contribution is -2.13. The Hall–Kier alpha value is -3.12. The predicted molar refractivity (Wildman–Crippen MR) is 51.0 cm³/mol. The minimum Gasteiger partial charge on any atom is -0.478 e. The van der Waals surface area contributed by atoms with Crippen molar-refractivity contribution in [3.63, 3.8) is 0 Å². The van der Waals surface area contributed by atoms with Crippen molar-refractivity contribution >= 4 is 17.9 Å². The third-order valence-corrected chi connectivity index (χ3v) is 1.48. The smallest absolute Gasteiger partial charge is 0.355 e. The van der Waals surface area contributed by atoms with Crippen LogP contribution in [0.4, 0.5) is 11.9 Å². The van der Waals surface area contributed by atoms with Gasteiger partial charge in [0.2, 0.25) is 0 Å². The summed E-state index contributed by atoms with van der Waals surface area (Å²) in [6.45, 7) is 0. The summed E-state index contributed by atoms with van der Waals surface area (Å²) >= 11 is 0. The van der Waals surface area contributed by atoms with Gasteiger partial charge in [0.05, 0.1) is 0 Å². The lowest BCUT2D eigenvalue weighted by atomic mass is 10.6. The summed E-state index contributed by atoms with van der Waals surface area (Å²) in [6.07, 6.45) is -0.334. The van der Waals surface area contributed by atoms with Gasteiger partial charge in [-0.15, -0.1) is 25.6 Å². The van der Waals surface area contributed by atoms with Crippen LogP contribution in [-0.4, -0.2) is 53.0 Å². The van der Waals surface area contributed by atoms with E-state index < -0.39 is 12.1 Å². The van der Waals surface area contributed by atoms with E-state index in [1.165, 1.54) is 6.33 Å². The fourth-order valence-corrected chi connectivity index (χ4v) is 0.784. The molecule has 18 heavy (non-hydrogen) atoms. The summed E-state index contributed by atoms with van der Waals surface area (Å²) < 4.78 is 0. The SMILES string of the molecule is O=C(O)C(N=Nc1nn[nH]n1)N=Nc1ncn[nH]1. The number of carboxylic acids is 1. The molecule has 2 heterocycles. The van der Waals surface area contributed by atoms with Crippen LogP contribution in [0.5, 0.6) is 0 Å². The van der Waals surface area contributed by atoms with Gasteiger partial charge in [-0.05, 0) is 5.21 Å². The first-order chi connectivity index (χ1) is 8.75. The van der Waals surface area contributed by atoms with E-state index in [1.54, 1.807) is 0 Å². The van der Waals surface area contributed by atoms with Crippen molar-refractivity contribution in [2.45, 2.75) is 6.17 Å². The van der Waals surface area contributed by atoms with Crippen molar-refractivity contribution in [3.8, 4) is 0 Å². The lowest BCUT2D eigenvalue weighted by molar-refractivity contribution is -0.138. The average Bonchev–Trinajstić information content (AvgIpc) is 3.00. The van der Waals surface area contributed by atoms with Crippen LogP contribution >= 0.6 is 0 Å². The molecule has 0 fully saturated rings.